The van der Waals surface area contributed by atoms with Gasteiger partial charge in [-0.3, -0.25) is 9.59 Å². The molecule has 1 aromatic carbocycles. The van der Waals surface area contributed by atoms with Gasteiger partial charge in [0, 0.05) is 24.3 Å². The van der Waals surface area contributed by atoms with Crippen LogP contribution in [0, 0.1) is 0 Å². The zero-order valence-corrected chi connectivity index (χ0v) is 7.73. The fraction of sp³-hybridized carbons (Fsp3) is 0.0909. The first-order chi connectivity index (χ1) is 6.75. The summed E-state index contributed by atoms with van der Waals surface area (Å²) in [4.78, 5) is 23.5. The van der Waals surface area contributed by atoms with Crippen LogP contribution in [0.2, 0.25) is 0 Å². The largest absolute Gasteiger partial charge is 0.311 e. The molecular formula is C11H9NO2. The highest BCUT2D eigenvalue weighted by Gasteiger charge is 2.28. The summed E-state index contributed by atoms with van der Waals surface area (Å²) in [7, 11) is 1.66. The quantitative estimate of drug-likeness (QED) is 0.491. The first kappa shape index (κ1) is 8.69. The van der Waals surface area contributed by atoms with Crippen molar-refractivity contribution in [3.63, 3.8) is 0 Å². The molecule has 70 valence electrons. The van der Waals surface area contributed by atoms with Crippen LogP contribution in [-0.4, -0.2) is 24.1 Å². The van der Waals surface area contributed by atoms with E-state index in [1.165, 1.54) is 11.0 Å². The summed E-state index contributed by atoms with van der Waals surface area (Å²) in [5, 5.41) is 0. The molecule has 1 amide bonds. The molecule has 1 aliphatic heterocycles. The Morgan fingerprint density at radius 3 is 2.50 bits per heavy atom. The van der Waals surface area contributed by atoms with Gasteiger partial charge in [0.25, 0.3) is 5.91 Å². The summed E-state index contributed by atoms with van der Waals surface area (Å²) in [5.41, 5.74) is 2.15. The molecule has 0 saturated carbocycles. The maximum atomic E-state index is 11.7. The van der Waals surface area contributed by atoms with Gasteiger partial charge in [0.2, 0.25) is 0 Å². The second kappa shape index (κ2) is 3.10. The second-order valence-corrected chi connectivity index (χ2v) is 3.10. The molecule has 0 unspecified atom stereocenters. The van der Waals surface area contributed by atoms with Crippen molar-refractivity contribution in [3.8, 4) is 0 Å². The number of fused-ring (bicyclic) bond motifs is 1. The lowest BCUT2D eigenvalue weighted by molar-refractivity contribution is -0.104. The average molecular weight is 187 g/mol. The van der Waals surface area contributed by atoms with Gasteiger partial charge in [-0.15, -0.1) is 0 Å². The molecule has 0 radical (unpaired) electrons. The first-order valence-corrected chi connectivity index (χ1v) is 4.28. The fourth-order valence-corrected chi connectivity index (χ4v) is 1.63. The molecular weight excluding hydrogens is 178 g/mol. The predicted molar refractivity (Wildman–Crippen MR) is 52.6 cm³/mol. The van der Waals surface area contributed by atoms with Gasteiger partial charge in [0.05, 0.1) is 5.70 Å². The van der Waals surface area contributed by atoms with Gasteiger partial charge < -0.3 is 4.90 Å². The lowest BCUT2D eigenvalue weighted by Crippen LogP contribution is -2.17. The molecule has 0 spiro atoms. The SMILES string of the molecule is CN1C(=O)c2ccccc2/C1=C/C=O. The molecule has 1 aromatic rings. The van der Waals surface area contributed by atoms with Crippen LogP contribution in [0.4, 0.5) is 0 Å². The van der Waals surface area contributed by atoms with E-state index in [4.69, 9.17) is 0 Å². The molecule has 0 aliphatic carbocycles. The molecule has 0 fully saturated rings. The Morgan fingerprint density at radius 1 is 1.21 bits per heavy atom. The van der Waals surface area contributed by atoms with Crippen LogP contribution in [-0.2, 0) is 4.79 Å². The number of hydrogen-bond donors (Lipinski definition) is 0. The van der Waals surface area contributed by atoms with Crippen LogP contribution < -0.4 is 0 Å². The van der Waals surface area contributed by atoms with Crippen molar-refractivity contribution in [2.24, 2.45) is 0 Å². The maximum absolute atomic E-state index is 11.7. The summed E-state index contributed by atoms with van der Waals surface area (Å²) in [5.74, 6) is -0.0614. The molecule has 1 aliphatic rings. The van der Waals surface area contributed by atoms with Gasteiger partial charge in [-0.1, -0.05) is 18.2 Å². The van der Waals surface area contributed by atoms with E-state index in [0.717, 1.165) is 5.56 Å². The fourth-order valence-electron chi connectivity index (χ4n) is 1.63. The summed E-state index contributed by atoms with van der Waals surface area (Å²) in [6.45, 7) is 0. The molecule has 0 saturated heterocycles. The molecule has 3 heteroatoms. The van der Waals surface area contributed by atoms with Crippen molar-refractivity contribution < 1.29 is 9.59 Å². The number of carbonyl (C=O) groups excluding carboxylic acids is 2. The van der Waals surface area contributed by atoms with Crippen LogP contribution in [0.15, 0.2) is 30.3 Å². The van der Waals surface area contributed by atoms with Crippen molar-refractivity contribution in [1.82, 2.24) is 4.90 Å². The third kappa shape index (κ3) is 1.06. The highest BCUT2D eigenvalue weighted by Crippen LogP contribution is 2.30. The molecule has 2 rings (SSSR count). The third-order valence-corrected chi connectivity index (χ3v) is 2.33. The number of amides is 1. The van der Waals surface area contributed by atoms with Crippen molar-refractivity contribution in [3.05, 3.63) is 41.5 Å². The van der Waals surface area contributed by atoms with Crippen molar-refractivity contribution in [2.45, 2.75) is 0 Å². The van der Waals surface area contributed by atoms with E-state index in [2.05, 4.69) is 0 Å². The highest BCUT2D eigenvalue weighted by atomic mass is 16.2. The van der Waals surface area contributed by atoms with Crippen molar-refractivity contribution in [1.29, 1.82) is 0 Å². The van der Waals surface area contributed by atoms with Crippen LogP contribution in [0.3, 0.4) is 0 Å². The van der Waals surface area contributed by atoms with Crippen LogP contribution in [0.5, 0.6) is 0 Å². The Kier molecular flexibility index (Phi) is 1.93. The highest BCUT2D eigenvalue weighted by molar-refractivity contribution is 6.10. The van der Waals surface area contributed by atoms with Crippen LogP contribution in [0.1, 0.15) is 15.9 Å². The number of allylic oxidation sites excluding steroid dienone is 1. The minimum atomic E-state index is -0.0614. The Labute approximate surface area is 81.6 Å². The number of nitrogens with zero attached hydrogens (tertiary/aromatic N) is 1. The molecule has 0 bridgehead atoms. The molecule has 14 heavy (non-hydrogen) atoms. The molecule has 1 heterocycles. The summed E-state index contributed by atoms with van der Waals surface area (Å²) in [6.07, 6.45) is 2.10. The monoisotopic (exact) mass is 187 g/mol. The Hall–Kier alpha value is -1.90. The standard InChI is InChI=1S/C11H9NO2/c1-12-10(6-7-13)8-4-2-3-5-9(8)11(12)14/h2-7H,1H3/b10-6-. The number of hydrogen-bond acceptors (Lipinski definition) is 2. The Bertz CT molecular complexity index is 435. The maximum Gasteiger partial charge on any atom is 0.258 e. The van der Waals surface area contributed by atoms with Crippen LogP contribution >= 0.6 is 0 Å². The van der Waals surface area contributed by atoms with Crippen LogP contribution in [0.25, 0.3) is 5.70 Å². The summed E-state index contributed by atoms with van der Waals surface area (Å²) in [6, 6.07) is 7.27. The van der Waals surface area contributed by atoms with Gasteiger partial charge in [-0.05, 0) is 6.07 Å². The molecule has 0 aromatic heterocycles. The number of carbonyl (C=O) groups is 2. The van der Waals surface area contributed by atoms with E-state index in [1.54, 1.807) is 13.1 Å². The van der Waals surface area contributed by atoms with E-state index in [-0.39, 0.29) is 5.91 Å². The van der Waals surface area contributed by atoms with E-state index >= 15 is 0 Å². The van der Waals surface area contributed by atoms with Gasteiger partial charge in [-0.2, -0.15) is 0 Å². The van der Waals surface area contributed by atoms with Crippen molar-refractivity contribution in [2.75, 3.05) is 7.05 Å². The van der Waals surface area contributed by atoms with Crippen molar-refractivity contribution >= 4 is 17.9 Å². The number of rotatable bonds is 1. The minimum absolute atomic E-state index is 0.0614. The summed E-state index contributed by atoms with van der Waals surface area (Å²) >= 11 is 0. The van der Waals surface area contributed by atoms with E-state index in [9.17, 15) is 9.59 Å². The van der Waals surface area contributed by atoms with E-state index in [1.807, 2.05) is 18.2 Å². The Balaban J connectivity index is 2.64. The lowest BCUT2D eigenvalue weighted by Gasteiger charge is -2.09. The predicted octanol–water partition coefficient (Wildman–Crippen LogP) is 1.31. The average Bonchev–Trinajstić information content (AvgIpc) is 2.45. The normalized spacial score (nSPS) is 17.4. The van der Waals surface area contributed by atoms with E-state index in [0.29, 0.717) is 17.5 Å². The van der Waals surface area contributed by atoms with Gasteiger partial charge in [0.1, 0.15) is 6.29 Å². The first-order valence-electron chi connectivity index (χ1n) is 4.28. The van der Waals surface area contributed by atoms with Gasteiger partial charge >= 0.3 is 0 Å². The summed E-state index contributed by atoms with van der Waals surface area (Å²) < 4.78 is 0. The topological polar surface area (TPSA) is 37.4 Å². The molecule has 0 N–H and O–H groups in total. The third-order valence-electron chi connectivity index (χ3n) is 2.33. The molecule has 0 atom stereocenters. The molecule has 3 nitrogen and oxygen atoms in total. The lowest BCUT2D eigenvalue weighted by atomic mass is 10.1. The Morgan fingerprint density at radius 2 is 1.86 bits per heavy atom. The smallest absolute Gasteiger partial charge is 0.258 e. The van der Waals surface area contributed by atoms with E-state index < -0.39 is 0 Å². The minimum Gasteiger partial charge on any atom is -0.311 e. The van der Waals surface area contributed by atoms with Gasteiger partial charge in [-0.25, -0.2) is 0 Å². The zero-order valence-electron chi connectivity index (χ0n) is 7.73. The number of benzene rings is 1. The zero-order chi connectivity index (χ0) is 10.1. The number of aldehydes is 1. The second-order valence-electron chi connectivity index (χ2n) is 3.10. The van der Waals surface area contributed by atoms with Gasteiger partial charge in [0.15, 0.2) is 0 Å².